The first-order chi connectivity index (χ1) is 18.5. The molecule has 7 heteroatoms. The average Bonchev–Trinajstić information content (AvgIpc) is 2.93. The van der Waals surface area contributed by atoms with Crippen LogP contribution in [0.1, 0.15) is 22.3 Å². The van der Waals surface area contributed by atoms with Crippen molar-refractivity contribution in [3.05, 3.63) is 136 Å². The summed E-state index contributed by atoms with van der Waals surface area (Å²) in [4.78, 5) is 39.7. The molecule has 0 bridgehead atoms. The summed E-state index contributed by atoms with van der Waals surface area (Å²) >= 11 is 6.34. The van der Waals surface area contributed by atoms with E-state index >= 15 is 0 Å². The van der Waals surface area contributed by atoms with E-state index in [1.807, 2.05) is 78.9 Å². The third kappa shape index (κ3) is 5.51. The van der Waals surface area contributed by atoms with E-state index in [9.17, 15) is 14.4 Å². The van der Waals surface area contributed by atoms with E-state index in [1.165, 1.54) is 6.08 Å². The Hall–Kier alpha value is -4.68. The van der Waals surface area contributed by atoms with E-state index in [4.69, 9.17) is 16.3 Å². The number of amides is 4. The van der Waals surface area contributed by atoms with Crippen LogP contribution in [0.15, 0.2) is 109 Å². The van der Waals surface area contributed by atoms with Crippen LogP contribution in [0, 0.1) is 0 Å². The highest BCUT2D eigenvalue weighted by Gasteiger charge is 2.37. The van der Waals surface area contributed by atoms with Crippen LogP contribution in [-0.2, 0) is 22.6 Å². The average molecular weight is 523 g/mol. The molecular weight excluding hydrogens is 500 g/mol. The van der Waals surface area contributed by atoms with Crippen LogP contribution in [0.2, 0.25) is 5.02 Å². The molecule has 38 heavy (non-hydrogen) atoms. The fourth-order valence-electron chi connectivity index (χ4n) is 4.16. The van der Waals surface area contributed by atoms with Crippen molar-refractivity contribution in [1.82, 2.24) is 5.32 Å². The normalized spacial score (nSPS) is 14.5. The lowest BCUT2D eigenvalue weighted by Crippen LogP contribution is -2.54. The maximum Gasteiger partial charge on any atom is 0.335 e. The number of nitrogens with zero attached hydrogens (tertiary/aromatic N) is 1. The zero-order valence-electron chi connectivity index (χ0n) is 20.3. The first-order valence-electron chi connectivity index (χ1n) is 12.0. The third-order valence-corrected chi connectivity index (χ3v) is 6.51. The van der Waals surface area contributed by atoms with E-state index in [2.05, 4.69) is 5.32 Å². The number of rotatable bonds is 7. The first-order valence-corrected chi connectivity index (χ1v) is 12.4. The quantitative estimate of drug-likeness (QED) is 0.232. The molecular formula is C31H23ClN2O4. The van der Waals surface area contributed by atoms with Crippen molar-refractivity contribution in [2.24, 2.45) is 0 Å². The number of imide groups is 2. The number of anilines is 1. The van der Waals surface area contributed by atoms with Gasteiger partial charge in [0, 0.05) is 5.02 Å². The Bertz CT molecular complexity index is 1530. The van der Waals surface area contributed by atoms with Gasteiger partial charge in [0.1, 0.15) is 17.9 Å². The molecule has 1 fully saturated rings. The Balaban J connectivity index is 1.38. The van der Waals surface area contributed by atoms with Crippen molar-refractivity contribution in [2.45, 2.75) is 13.0 Å². The highest BCUT2D eigenvalue weighted by Crippen LogP contribution is 2.27. The molecule has 0 aliphatic carbocycles. The number of carbonyl (C=O) groups excluding carboxylic acids is 3. The summed E-state index contributed by atoms with van der Waals surface area (Å²) in [6.45, 7) is 0.387. The Morgan fingerprint density at radius 3 is 2.16 bits per heavy atom. The van der Waals surface area contributed by atoms with Gasteiger partial charge in [-0.05, 0) is 65.1 Å². The van der Waals surface area contributed by atoms with Gasteiger partial charge in [0.05, 0.1) is 5.69 Å². The van der Waals surface area contributed by atoms with Gasteiger partial charge in [0.15, 0.2) is 0 Å². The number of carbonyl (C=O) groups is 3. The Morgan fingerprint density at radius 1 is 0.763 bits per heavy atom. The van der Waals surface area contributed by atoms with E-state index in [1.54, 1.807) is 24.3 Å². The van der Waals surface area contributed by atoms with Gasteiger partial charge in [-0.15, -0.1) is 0 Å². The van der Waals surface area contributed by atoms with Gasteiger partial charge in [-0.2, -0.15) is 0 Å². The smallest absolute Gasteiger partial charge is 0.335 e. The van der Waals surface area contributed by atoms with Crippen molar-refractivity contribution < 1.29 is 19.1 Å². The van der Waals surface area contributed by atoms with E-state index in [-0.39, 0.29) is 5.57 Å². The number of urea groups is 1. The van der Waals surface area contributed by atoms with Crippen LogP contribution < -0.4 is 15.0 Å². The first kappa shape index (κ1) is 25.0. The molecule has 6 nitrogen and oxygen atoms in total. The molecule has 0 atom stereocenters. The summed E-state index contributed by atoms with van der Waals surface area (Å²) in [5.74, 6) is -0.862. The summed E-state index contributed by atoms with van der Waals surface area (Å²) in [5, 5.41) is 2.91. The molecule has 4 amide bonds. The van der Waals surface area contributed by atoms with Gasteiger partial charge in [-0.1, -0.05) is 84.4 Å². The maximum absolute atomic E-state index is 13.4. The van der Waals surface area contributed by atoms with Crippen molar-refractivity contribution in [1.29, 1.82) is 0 Å². The van der Waals surface area contributed by atoms with Crippen molar-refractivity contribution in [3.63, 3.8) is 0 Å². The predicted molar refractivity (Wildman–Crippen MR) is 147 cm³/mol. The summed E-state index contributed by atoms with van der Waals surface area (Å²) in [6.07, 6.45) is 2.03. The third-order valence-electron chi connectivity index (χ3n) is 6.14. The van der Waals surface area contributed by atoms with Gasteiger partial charge in [-0.25, -0.2) is 9.69 Å². The monoisotopic (exact) mass is 522 g/mol. The van der Waals surface area contributed by atoms with Crippen LogP contribution in [0.5, 0.6) is 5.75 Å². The Kier molecular flexibility index (Phi) is 7.33. The second-order valence-electron chi connectivity index (χ2n) is 8.69. The van der Waals surface area contributed by atoms with Gasteiger partial charge in [-0.3, -0.25) is 14.9 Å². The summed E-state index contributed by atoms with van der Waals surface area (Å²) in [5.41, 5.74) is 3.70. The second kappa shape index (κ2) is 11.2. The molecule has 1 heterocycles. The lowest BCUT2D eigenvalue weighted by molar-refractivity contribution is -0.122. The lowest BCUT2D eigenvalue weighted by atomic mass is 9.97. The summed E-state index contributed by atoms with van der Waals surface area (Å²) in [7, 11) is 0. The number of hydrogen-bond acceptors (Lipinski definition) is 4. The molecule has 0 spiro atoms. The van der Waals surface area contributed by atoms with Crippen LogP contribution in [0.25, 0.3) is 6.08 Å². The largest absolute Gasteiger partial charge is 0.489 e. The molecule has 188 valence electrons. The standard InChI is InChI=1S/C31H23ClN2O4/c32-28-13-7-6-12-24(28)18-22-10-4-5-11-23(22)19-27-29(35)33-31(37)34(30(27)36)25-14-16-26(17-15-25)38-20-21-8-2-1-3-9-21/h1-17,19H,18,20H2,(H,33,35,37)/b27-19+. The fourth-order valence-corrected chi connectivity index (χ4v) is 4.37. The molecule has 0 radical (unpaired) electrons. The van der Waals surface area contributed by atoms with Crippen LogP contribution >= 0.6 is 11.6 Å². The minimum Gasteiger partial charge on any atom is -0.489 e. The maximum atomic E-state index is 13.4. The molecule has 1 aliphatic heterocycles. The molecule has 1 N–H and O–H groups in total. The summed E-state index contributed by atoms with van der Waals surface area (Å²) < 4.78 is 5.80. The van der Waals surface area contributed by atoms with Gasteiger partial charge in [0.2, 0.25) is 0 Å². The topological polar surface area (TPSA) is 75.7 Å². The van der Waals surface area contributed by atoms with Crippen molar-refractivity contribution in [3.8, 4) is 5.75 Å². The number of nitrogens with one attached hydrogen (secondary N) is 1. The minimum absolute atomic E-state index is 0.138. The molecule has 5 rings (SSSR count). The van der Waals surface area contributed by atoms with Gasteiger partial charge < -0.3 is 4.74 Å². The molecule has 4 aromatic rings. The van der Waals surface area contributed by atoms with Crippen LogP contribution in [-0.4, -0.2) is 17.8 Å². The molecule has 1 aliphatic rings. The molecule has 1 saturated heterocycles. The fraction of sp³-hybridized carbons (Fsp3) is 0.0645. The van der Waals surface area contributed by atoms with Crippen molar-refractivity contribution >= 4 is 41.2 Å². The molecule has 4 aromatic carbocycles. The Labute approximate surface area is 225 Å². The van der Waals surface area contributed by atoms with Crippen molar-refractivity contribution in [2.75, 3.05) is 4.90 Å². The zero-order valence-corrected chi connectivity index (χ0v) is 21.0. The summed E-state index contributed by atoms with van der Waals surface area (Å²) in [6, 6.07) is 30.4. The molecule has 0 saturated carbocycles. The lowest BCUT2D eigenvalue weighted by Gasteiger charge is -2.26. The van der Waals surface area contributed by atoms with Gasteiger partial charge >= 0.3 is 6.03 Å². The molecule has 0 unspecified atom stereocenters. The number of ether oxygens (including phenoxy) is 1. The number of benzene rings is 4. The Morgan fingerprint density at radius 2 is 1.42 bits per heavy atom. The highest BCUT2D eigenvalue weighted by molar-refractivity contribution is 6.39. The predicted octanol–water partition coefficient (Wildman–Crippen LogP) is 6.18. The van der Waals surface area contributed by atoms with E-state index in [0.717, 1.165) is 21.6 Å². The second-order valence-corrected chi connectivity index (χ2v) is 9.10. The van der Waals surface area contributed by atoms with Crippen LogP contribution in [0.4, 0.5) is 10.5 Å². The SMILES string of the molecule is O=C1NC(=O)N(c2ccc(OCc3ccccc3)cc2)C(=O)/C1=C/c1ccccc1Cc1ccccc1Cl. The van der Waals surface area contributed by atoms with E-state index in [0.29, 0.717) is 35.1 Å². The minimum atomic E-state index is -0.806. The van der Waals surface area contributed by atoms with Crippen LogP contribution in [0.3, 0.4) is 0 Å². The number of halogens is 1. The zero-order chi connectivity index (χ0) is 26.5. The van der Waals surface area contributed by atoms with Gasteiger partial charge in [0.25, 0.3) is 11.8 Å². The molecule has 0 aromatic heterocycles. The highest BCUT2D eigenvalue weighted by atomic mass is 35.5. The number of hydrogen-bond donors (Lipinski definition) is 1. The number of barbiturate groups is 1. The van der Waals surface area contributed by atoms with E-state index < -0.39 is 17.8 Å².